The van der Waals surface area contributed by atoms with Crippen LogP contribution >= 0.6 is 0 Å². The van der Waals surface area contributed by atoms with Crippen molar-refractivity contribution < 1.29 is 49.8 Å². The number of allylic oxidation sites excluding steroid dienone is 2. The summed E-state index contributed by atoms with van der Waals surface area (Å²) in [5, 5.41) is 12.6. The van der Waals surface area contributed by atoms with E-state index in [9.17, 15) is 41.0 Å². The number of pyridine rings is 1. The molecule has 2 fully saturated rings. The third-order valence-electron chi connectivity index (χ3n) is 8.17. The molecule has 2 aliphatic carbocycles. The van der Waals surface area contributed by atoms with E-state index in [1.165, 1.54) is 32.0 Å². The van der Waals surface area contributed by atoms with Gasteiger partial charge in [0.1, 0.15) is 46.7 Å². The number of halogens is 8. The lowest BCUT2D eigenvalue weighted by molar-refractivity contribution is -0.120. The number of nitrogens with zero attached hydrogens (tertiary/aromatic N) is 2. The molecule has 3 atom stereocenters. The minimum absolute atomic E-state index is 0.0141. The molecule has 0 saturated heterocycles. The molecule has 1 aromatic heterocycles. The van der Waals surface area contributed by atoms with Crippen molar-refractivity contribution in [2.45, 2.75) is 50.4 Å². The highest BCUT2D eigenvalue weighted by Crippen LogP contribution is 2.62. The minimum Gasteiger partial charge on any atom is -0.394 e. The van der Waals surface area contributed by atoms with E-state index in [0.29, 0.717) is 6.07 Å². The van der Waals surface area contributed by atoms with E-state index in [4.69, 9.17) is 11.5 Å². The third-order valence-corrected chi connectivity index (χ3v) is 8.17. The molecule has 0 aliphatic heterocycles. The van der Waals surface area contributed by atoms with Gasteiger partial charge < -0.3 is 21.9 Å². The molecule has 0 radical (unpaired) electrons. The fourth-order valence-corrected chi connectivity index (χ4v) is 5.84. The van der Waals surface area contributed by atoms with Crippen LogP contribution in [0.1, 0.15) is 53.6 Å². The normalized spacial score (nSPS) is 20.3. The Kier molecular flexibility index (Phi) is 9.74. The zero-order valence-electron chi connectivity index (χ0n) is 26.8. The van der Waals surface area contributed by atoms with Crippen molar-refractivity contribution in [1.82, 2.24) is 10.3 Å². The van der Waals surface area contributed by atoms with Crippen molar-refractivity contribution in [3.63, 3.8) is 0 Å². The van der Waals surface area contributed by atoms with Crippen LogP contribution in [0.4, 0.5) is 35.1 Å². The number of rotatable bonds is 8. The fourth-order valence-electron chi connectivity index (χ4n) is 5.84. The summed E-state index contributed by atoms with van der Waals surface area (Å²) >= 11 is 0. The summed E-state index contributed by atoms with van der Waals surface area (Å²) in [4.78, 5) is 33.4. The SMILES string of the molecule is CC(C)(O)C#Cc1ccc(-c2ccc(F)c(C(N)=O)c2)c(C(Cc2cc(F)cc(F)c2)NC(=O)CN=C2C(=C(N)C(F)(F)F)C3CC3C2(F)F)n1. The molecule has 2 aromatic carbocycles. The number of fused-ring (bicyclic) bond motifs is 1. The van der Waals surface area contributed by atoms with Gasteiger partial charge in [-0.15, -0.1) is 0 Å². The Morgan fingerprint density at radius 1 is 1.06 bits per heavy atom. The number of carbonyl (C=O) groups is 2. The van der Waals surface area contributed by atoms with Gasteiger partial charge in [0.2, 0.25) is 5.91 Å². The highest BCUT2D eigenvalue weighted by molar-refractivity contribution is 6.11. The number of aliphatic imine (C=N–C) groups is 1. The van der Waals surface area contributed by atoms with Crippen LogP contribution in [0.2, 0.25) is 0 Å². The average Bonchev–Trinajstić information content (AvgIpc) is 3.78. The Morgan fingerprint density at radius 2 is 1.73 bits per heavy atom. The van der Waals surface area contributed by atoms with Gasteiger partial charge in [-0.3, -0.25) is 14.6 Å². The lowest BCUT2D eigenvalue weighted by Crippen LogP contribution is -2.35. The molecule has 2 amide bonds. The Bertz CT molecular complexity index is 2020. The summed E-state index contributed by atoms with van der Waals surface area (Å²) in [6.07, 6.45) is -5.78. The van der Waals surface area contributed by atoms with Gasteiger partial charge in [-0.25, -0.2) is 18.2 Å². The van der Waals surface area contributed by atoms with Gasteiger partial charge in [0, 0.05) is 23.1 Å². The number of nitrogens with one attached hydrogen (secondary N) is 1. The van der Waals surface area contributed by atoms with Gasteiger partial charge in [-0.05, 0) is 86.1 Å². The molecule has 2 aliphatic rings. The lowest BCUT2D eigenvalue weighted by atomic mass is 9.94. The standard InChI is InChI=1S/C35H29F8N5O3/c1-33(2,51)8-7-20-4-5-21(17-3-6-25(38)23(12-17)32(45)50)29(47-20)26(11-16-9-18(36)13-19(37)10-16)48-27(49)15-46-31-28(30(44)35(41,42)43)22-14-24(22)34(31,39)40/h3-6,9-10,12-13,22,24,26,51H,11,14-15,44H2,1-2H3,(H2,45,50)(H,48,49). The van der Waals surface area contributed by atoms with Crippen LogP contribution in [0.3, 0.4) is 0 Å². The second-order valence-corrected chi connectivity index (χ2v) is 12.7. The van der Waals surface area contributed by atoms with Crippen molar-refractivity contribution in [3.8, 4) is 23.0 Å². The molecule has 6 N–H and O–H groups in total. The first kappa shape index (κ1) is 37.0. The van der Waals surface area contributed by atoms with Gasteiger partial charge in [0.15, 0.2) is 0 Å². The van der Waals surface area contributed by atoms with Crippen LogP contribution in [0.25, 0.3) is 11.1 Å². The number of aromatic nitrogens is 1. The van der Waals surface area contributed by atoms with Crippen LogP contribution in [0.5, 0.6) is 0 Å². The molecule has 16 heteroatoms. The van der Waals surface area contributed by atoms with E-state index in [-0.39, 0.29) is 34.5 Å². The second-order valence-electron chi connectivity index (χ2n) is 12.7. The second kappa shape index (κ2) is 13.4. The number of hydrogen-bond acceptors (Lipinski definition) is 6. The van der Waals surface area contributed by atoms with Crippen LogP contribution < -0.4 is 16.8 Å². The first-order valence-electron chi connectivity index (χ1n) is 15.3. The van der Waals surface area contributed by atoms with Crippen LogP contribution in [0, 0.1) is 41.1 Å². The summed E-state index contributed by atoms with van der Waals surface area (Å²) in [5.74, 6) is -6.36. The number of nitrogens with two attached hydrogens (primary N) is 2. The number of carbonyl (C=O) groups excluding carboxylic acids is 2. The summed E-state index contributed by atoms with van der Waals surface area (Å²) in [5.41, 5.74) is 4.88. The monoisotopic (exact) mass is 719 g/mol. The summed E-state index contributed by atoms with van der Waals surface area (Å²) in [7, 11) is 0. The summed E-state index contributed by atoms with van der Waals surface area (Å²) in [6, 6.07) is 7.22. The Morgan fingerprint density at radius 3 is 2.33 bits per heavy atom. The number of aliphatic hydroxyl groups is 1. The van der Waals surface area contributed by atoms with Crippen molar-refractivity contribution >= 4 is 17.5 Å². The molecule has 3 aromatic rings. The molecule has 8 nitrogen and oxygen atoms in total. The zero-order chi connectivity index (χ0) is 37.6. The fraction of sp³-hybridized carbons (Fsp3) is 0.314. The zero-order valence-corrected chi connectivity index (χ0v) is 26.8. The van der Waals surface area contributed by atoms with E-state index in [1.54, 1.807) is 0 Å². The Labute approximate surface area is 285 Å². The molecule has 0 spiro atoms. The van der Waals surface area contributed by atoms with Gasteiger partial charge >= 0.3 is 6.18 Å². The Hall–Kier alpha value is -5.30. The maximum Gasteiger partial charge on any atom is 0.431 e. The quantitative estimate of drug-likeness (QED) is 0.185. The van der Waals surface area contributed by atoms with E-state index < -0.39 is 100 Å². The molecular formula is C35H29F8N5O3. The number of primary amides is 1. The summed E-state index contributed by atoms with van der Waals surface area (Å²) < 4.78 is 113. The predicted molar refractivity (Wildman–Crippen MR) is 168 cm³/mol. The first-order chi connectivity index (χ1) is 23.7. The van der Waals surface area contributed by atoms with Crippen LogP contribution in [-0.4, -0.2) is 51.9 Å². The molecular weight excluding hydrogens is 690 g/mol. The molecule has 5 rings (SSSR count). The number of benzene rings is 2. The first-order valence-corrected chi connectivity index (χ1v) is 15.3. The topological polar surface area (TPSA) is 144 Å². The molecule has 51 heavy (non-hydrogen) atoms. The third kappa shape index (κ3) is 8.20. The van der Waals surface area contributed by atoms with Gasteiger partial charge in [-0.1, -0.05) is 12.0 Å². The molecule has 2 saturated carbocycles. The highest BCUT2D eigenvalue weighted by atomic mass is 19.4. The predicted octanol–water partition coefficient (Wildman–Crippen LogP) is 5.29. The van der Waals surface area contributed by atoms with Crippen molar-refractivity contribution in [2.24, 2.45) is 28.3 Å². The van der Waals surface area contributed by atoms with E-state index in [0.717, 1.165) is 24.3 Å². The van der Waals surface area contributed by atoms with Crippen molar-refractivity contribution in [2.75, 3.05) is 6.54 Å². The molecule has 3 unspecified atom stereocenters. The molecule has 268 valence electrons. The van der Waals surface area contributed by atoms with Gasteiger partial charge in [-0.2, -0.15) is 22.0 Å². The van der Waals surface area contributed by atoms with Gasteiger partial charge in [0.25, 0.3) is 11.8 Å². The van der Waals surface area contributed by atoms with Gasteiger partial charge in [0.05, 0.1) is 17.3 Å². The largest absolute Gasteiger partial charge is 0.431 e. The Balaban J connectivity index is 1.61. The minimum atomic E-state index is -5.13. The van der Waals surface area contributed by atoms with E-state index in [1.807, 2.05) is 0 Å². The maximum atomic E-state index is 15.1. The lowest BCUT2D eigenvalue weighted by Gasteiger charge is -2.22. The molecule has 0 bridgehead atoms. The van der Waals surface area contributed by atoms with Crippen molar-refractivity contribution in [3.05, 3.63) is 99.8 Å². The summed E-state index contributed by atoms with van der Waals surface area (Å²) in [6.45, 7) is 1.67. The number of alkyl halides is 5. The highest BCUT2D eigenvalue weighted by Gasteiger charge is 2.68. The maximum absolute atomic E-state index is 15.1. The average molecular weight is 720 g/mol. The molecule has 1 heterocycles. The smallest absolute Gasteiger partial charge is 0.394 e. The van der Waals surface area contributed by atoms with Crippen LogP contribution in [-0.2, 0) is 11.2 Å². The van der Waals surface area contributed by atoms with E-state index >= 15 is 8.78 Å². The van der Waals surface area contributed by atoms with Crippen LogP contribution in [0.15, 0.2) is 64.8 Å². The number of hydrogen-bond donors (Lipinski definition) is 4. The van der Waals surface area contributed by atoms with E-state index in [2.05, 4.69) is 27.1 Å². The van der Waals surface area contributed by atoms with Crippen molar-refractivity contribution in [1.29, 1.82) is 0 Å². The number of amides is 2.